The highest BCUT2D eigenvalue weighted by Gasteiger charge is 2.10. The fourth-order valence-electron chi connectivity index (χ4n) is 1.96. The molecule has 0 atom stereocenters. The first-order chi connectivity index (χ1) is 8.60. The number of H-pyrrole nitrogens is 1. The second-order valence-electron chi connectivity index (χ2n) is 4.56. The maximum absolute atomic E-state index is 11.6. The number of benzene rings is 1. The minimum Gasteiger partial charge on any atom is -0.461 e. The Hall–Kier alpha value is -1.81. The van der Waals surface area contributed by atoms with E-state index in [4.69, 9.17) is 4.74 Å². The Morgan fingerprint density at radius 2 is 2.11 bits per heavy atom. The first-order valence-electron chi connectivity index (χ1n) is 6.03. The van der Waals surface area contributed by atoms with Gasteiger partial charge in [-0.25, -0.2) is 4.79 Å². The van der Waals surface area contributed by atoms with Crippen LogP contribution in [0.5, 0.6) is 0 Å². The zero-order valence-corrected chi connectivity index (χ0v) is 11.0. The summed E-state index contributed by atoms with van der Waals surface area (Å²) >= 11 is 0. The molecule has 4 nitrogen and oxygen atoms in total. The molecule has 0 radical (unpaired) electrons. The Morgan fingerprint density at radius 3 is 2.78 bits per heavy atom. The average Bonchev–Trinajstić information content (AvgIpc) is 2.71. The van der Waals surface area contributed by atoms with Gasteiger partial charge < -0.3 is 14.6 Å². The number of ether oxygens (including phenoxy) is 1. The van der Waals surface area contributed by atoms with Gasteiger partial charge in [0.05, 0.1) is 6.61 Å². The molecule has 0 saturated carbocycles. The smallest absolute Gasteiger partial charge is 0.354 e. The highest BCUT2D eigenvalue weighted by Crippen LogP contribution is 2.18. The molecule has 0 aliphatic heterocycles. The van der Waals surface area contributed by atoms with Gasteiger partial charge in [0, 0.05) is 17.4 Å². The van der Waals surface area contributed by atoms with Crippen LogP contribution < -0.4 is 0 Å². The lowest BCUT2D eigenvalue weighted by molar-refractivity contribution is 0.0520. The summed E-state index contributed by atoms with van der Waals surface area (Å²) in [7, 11) is 4.07. The number of carbonyl (C=O) groups is 1. The quantitative estimate of drug-likeness (QED) is 0.843. The van der Waals surface area contributed by atoms with E-state index in [0.717, 1.165) is 17.4 Å². The molecule has 0 aliphatic carbocycles. The van der Waals surface area contributed by atoms with E-state index in [9.17, 15) is 4.79 Å². The van der Waals surface area contributed by atoms with Crippen molar-refractivity contribution < 1.29 is 9.53 Å². The van der Waals surface area contributed by atoms with Gasteiger partial charge in [-0.15, -0.1) is 0 Å². The molecule has 1 aromatic heterocycles. The summed E-state index contributed by atoms with van der Waals surface area (Å²) in [5.74, 6) is -0.303. The molecular weight excluding hydrogens is 228 g/mol. The van der Waals surface area contributed by atoms with Crippen LogP contribution >= 0.6 is 0 Å². The molecule has 4 heteroatoms. The third-order valence-corrected chi connectivity index (χ3v) is 2.68. The van der Waals surface area contributed by atoms with Crippen molar-refractivity contribution in [2.24, 2.45) is 0 Å². The van der Waals surface area contributed by atoms with Crippen LogP contribution in [0.4, 0.5) is 0 Å². The lowest BCUT2D eigenvalue weighted by atomic mass is 10.1. The molecule has 2 rings (SSSR count). The lowest BCUT2D eigenvalue weighted by Crippen LogP contribution is -2.10. The summed E-state index contributed by atoms with van der Waals surface area (Å²) in [6.45, 7) is 3.08. The Bertz CT molecular complexity index is 558. The van der Waals surface area contributed by atoms with Crippen LogP contribution in [0.2, 0.25) is 0 Å². The van der Waals surface area contributed by atoms with Crippen molar-refractivity contribution in [2.45, 2.75) is 13.5 Å². The van der Waals surface area contributed by atoms with Crippen molar-refractivity contribution in [2.75, 3.05) is 20.7 Å². The summed E-state index contributed by atoms with van der Waals surface area (Å²) in [6.07, 6.45) is 0. The number of aromatic amines is 1. The SMILES string of the molecule is CCOC(=O)c1cc2cc(CN(C)C)ccc2[nH]1. The second-order valence-corrected chi connectivity index (χ2v) is 4.56. The maximum atomic E-state index is 11.6. The molecule has 1 aromatic carbocycles. The third-order valence-electron chi connectivity index (χ3n) is 2.68. The number of hydrogen-bond donors (Lipinski definition) is 1. The van der Waals surface area contributed by atoms with Crippen LogP contribution in [0.15, 0.2) is 24.3 Å². The van der Waals surface area contributed by atoms with E-state index >= 15 is 0 Å². The number of esters is 1. The average molecular weight is 246 g/mol. The molecule has 0 amide bonds. The van der Waals surface area contributed by atoms with Crippen molar-refractivity contribution in [1.82, 2.24) is 9.88 Å². The standard InChI is InChI=1S/C14H18N2O2/c1-4-18-14(17)13-8-11-7-10(9-16(2)3)5-6-12(11)15-13/h5-8,15H,4,9H2,1-3H3. The van der Waals surface area contributed by atoms with E-state index in [-0.39, 0.29) is 5.97 Å². The number of fused-ring (bicyclic) bond motifs is 1. The first-order valence-corrected chi connectivity index (χ1v) is 6.03. The number of rotatable bonds is 4. The van der Waals surface area contributed by atoms with Crippen LogP contribution in [-0.2, 0) is 11.3 Å². The minimum atomic E-state index is -0.303. The number of carbonyl (C=O) groups excluding carboxylic acids is 1. The number of hydrogen-bond acceptors (Lipinski definition) is 3. The van der Waals surface area contributed by atoms with Gasteiger partial charge in [-0.3, -0.25) is 0 Å². The predicted molar refractivity (Wildman–Crippen MR) is 71.6 cm³/mol. The Morgan fingerprint density at radius 1 is 1.33 bits per heavy atom. The molecule has 0 unspecified atom stereocenters. The van der Waals surface area contributed by atoms with Crippen molar-refractivity contribution in [3.8, 4) is 0 Å². The number of aromatic nitrogens is 1. The lowest BCUT2D eigenvalue weighted by Gasteiger charge is -2.09. The van der Waals surface area contributed by atoms with Gasteiger partial charge >= 0.3 is 5.97 Å². The van der Waals surface area contributed by atoms with E-state index in [1.807, 2.05) is 26.2 Å². The number of nitrogens with one attached hydrogen (secondary N) is 1. The Balaban J connectivity index is 2.30. The van der Waals surface area contributed by atoms with Crippen LogP contribution in [0, 0.1) is 0 Å². The molecule has 2 aromatic rings. The molecule has 1 heterocycles. The van der Waals surface area contributed by atoms with Gasteiger partial charge in [-0.2, -0.15) is 0 Å². The normalized spacial score (nSPS) is 11.1. The predicted octanol–water partition coefficient (Wildman–Crippen LogP) is 2.41. The highest BCUT2D eigenvalue weighted by molar-refractivity contribution is 5.94. The fraction of sp³-hybridized carbons (Fsp3) is 0.357. The summed E-state index contributed by atoms with van der Waals surface area (Å²) in [4.78, 5) is 16.8. The van der Waals surface area contributed by atoms with E-state index in [2.05, 4.69) is 22.0 Å². The summed E-state index contributed by atoms with van der Waals surface area (Å²) in [5, 5.41) is 1.04. The van der Waals surface area contributed by atoms with Gasteiger partial charge in [-0.1, -0.05) is 6.07 Å². The molecule has 1 N–H and O–H groups in total. The van der Waals surface area contributed by atoms with Crippen LogP contribution in [-0.4, -0.2) is 36.6 Å². The van der Waals surface area contributed by atoms with Crippen molar-refractivity contribution in [3.63, 3.8) is 0 Å². The van der Waals surface area contributed by atoms with Gasteiger partial charge in [0.15, 0.2) is 0 Å². The van der Waals surface area contributed by atoms with E-state index in [1.165, 1.54) is 5.56 Å². The summed E-state index contributed by atoms with van der Waals surface area (Å²) < 4.78 is 4.97. The third kappa shape index (κ3) is 2.71. The Labute approximate surface area is 107 Å². The highest BCUT2D eigenvalue weighted by atomic mass is 16.5. The molecule has 0 spiro atoms. The summed E-state index contributed by atoms with van der Waals surface area (Å²) in [6, 6.07) is 7.99. The molecule has 0 saturated heterocycles. The summed E-state index contributed by atoms with van der Waals surface area (Å²) in [5.41, 5.74) is 2.69. The van der Waals surface area contributed by atoms with Crippen LogP contribution in [0.3, 0.4) is 0 Å². The monoisotopic (exact) mass is 246 g/mol. The largest absolute Gasteiger partial charge is 0.461 e. The van der Waals surface area contributed by atoms with Gasteiger partial charge in [0.25, 0.3) is 0 Å². The molecule has 96 valence electrons. The topological polar surface area (TPSA) is 45.3 Å². The van der Waals surface area contributed by atoms with Crippen molar-refractivity contribution in [3.05, 3.63) is 35.5 Å². The first kappa shape index (κ1) is 12.6. The molecule has 0 fully saturated rings. The Kier molecular flexibility index (Phi) is 3.67. The molecular formula is C14H18N2O2. The van der Waals surface area contributed by atoms with E-state index < -0.39 is 0 Å². The van der Waals surface area contributed by atoms with Gasteiger partial charge in [0.2, 0.25) is 0 Å². The van der Waals surface area contributed by atoms with Crippen LogP contribution in [0.25, 0.3) is 10.9 Å². The van der Waals surface area contributed by atoms with E-state index in [0.29, 0.717) is 12.3 Å². The minimum absolute atomic E-state index is 0.303. The van der Waals surface area contributed by atoms with E-state index in [1.54, 1.807) is 6.92 Å². The molecule has 0 bridgehead atoms. The molecule has 18 heavy (non-hydrogen) atoms. The second kappa shape index (κ2) is 5.23. The fourth-order valence-corrected chi connectivity index (χ4v) is 1.96. The van der Waals surface area contributed by atoms with Gasteiger partial charge in [-0.05, 0) is 44.8 Å². The van der Waals surface area contributed by atoms with Crippen molar-refractivity contribution in [1.29, 1.82) is 0 Å². The molecule has 0 aliphatic rings. The zero-order valence-electron chi connectivity index (χ0n) is 11.0. The number of nitrogens with zero attached hydrogens (tertiary/aromatic N) is 1. The van der Waals surface area contributed by atoms with Crippen LogP contribution in [0.1, 0.15) is 23.0 Å². The van der Waals surface area contributed by atoms with Crippen molar-refractivity contribution >= 4 is 16.9 Å². The zero-order chi connectivity index (χ0) is 13.1. The van der Waals surface area contributed by atoms with Gasteiger partial charge in [0.1, 0.15) is 5.69 Å². The maximum Gasteiger partial charge on any atom is 0.354 e.